The van der Waals surface area contributed by atoms with Crippen molar-refractivity contribution in [3.63, 3.8) is 0 Å². The van der Waals surface area contributed by atoms with E-state index < -0.39 is 0 Å². The molecule has 1 amide bonds. The van der Waals surface area contributed by atoms with Gasteiger partial charge in [0.1, 0.15) is 18.5 Å². The molecule has 0 aliphatic heterocycles. The van der Waals surface area contributed by atoms with Gasteiger partial charge in [0, 0.05) is 20.3 Å². The Morgan fingerprint density at radius 1 is 1.52 bits per heavy atom. The summed E-state index contributed by atoms with van der Waals surface area (Å²) in [6.45, 7) is 0.649. The van der Waals surface area contributed by atoms with Crippen LogP contribution in [-0.2, 0) is 11.9 Å². The van der Waals surface area contributed by atoms with E-state index in [9.17, 15) is 4.79 Å². The van der Waals surface area contributed by atoms with Gasteiger partial charge in [-0.2, -0.15) is 0 Å². The predicted octanol–water partition coefficient (Wildman–Crippen LogP) is 1.85. The number of aromatic nitrogens is 3. The summed E-state index contributed by atoms with van der Waals surface area (Å²) in [7, 11) is 3.48. The summed E-state index contributed by atoms with van der Waals surface area (Å²) in [4.78, 5) is 27.6. The Morgan fingerprint density at radius 3 is 3.04 bits per heavy atom. The normalized spacial score (nSPS) is 14.2. The number of hydrogen-bond acceptors (Lipinski definition) is 5. The molecule has 2 heterocycles. The lowest BCUT2D eigenvalue weighted by Gasteiger charge is -2.16. The van der Waals surface area contributed by atoms with Crippen LogP contribution in [0.2, 0.25) is 0 Å². The molecular weight excluding hydrogens is 294 g/mol. The molecule has 7 nitrogen and oxygen atoms in total. The first-order chi connectivity index (χ1) is 11.2. The lowest BCUT2D eigenvalue weighted by molar-refractivity contribution is 0.0985. The minimum atomic E-state index is -0.161. The third-order valence-corrected chi connectivity index (χ3v) is 3.83. The van der Waals surface area contributed by atoms with Gasteiger partial charge in [0.15, 0.2) is 5.82 Å². The molecule has 0 N–H and O–H groups in total. The van der Waals surface area contributed by atoms with Crippen molar-refractivity contribution in [1.29, 1.82) is 0 Å². The molecule has 1 aliphatic carbocycles. The summed E-state index contributed by atoms with van der Waals surface area (Å²) in [5.41, 5.74) is 1.20. The lowest BCUT2D eigenvalue weighted by Crippen LogP contribution is -2.28. The van der Waals surface area contributed by atoms with Crippen LogP contribution in [0.5, 0.6) is 0 Å². The maximum atomic E-state index is 12.6. The predicted molar refractivity (Wildman–Crippen MR) is 86.4 cm³/mol. The van der Waals surface area contributed by atoms with Crippen LogP contribution in [0, 0.1) is 5.92 Å². The number of amides is 1. The molecule has 2 aromatic rings. The van der Waals surface area contributed by atoms with Crippen LogP contribution in [0.3, 0.4) is 0 Å². The Balaban J connectivity index is 1.68. The second-order valence-corrected chi connectivity index (χ2v) is 5.61. The van der Waals surface area contributed by atoms with Crippen LogP contribution < -0.4 is 4.90 Å². The van der Waals surface area contributed by atoms with Gasteiger partial charge in [-0.15, -0.1) is 0 Å². The van der Waals surface area contributed by atoms with Gasteiger partial charge in [-0.1, -0.05) is 5.16 Å². The van der Waals surface area contributed by atoms with Crippen molar-refractivity contribution in [3.8, 4) is 0 Å². The smallest absolute Gasteiger partial charge is 0.276 e. The number of anilines is 1. The summed E-state index contributed by atoms with van der Waals surface area (Å²) in [5.74, 6) is 1.06. The summed E-state index contributed by atoms with van der Waals surface area (Å²) in [5, 5.41) is 3.92. The number of rotatable bonds is 6. The Bertz CT molecular complexity index is 707. The van der Waals surface area contributed by atoms with E-state index in [0.717, 1.165) is 5.69 Å². The first-order valence-electron chi connectivity index (χ1n) is 7.52. The largest absolute Gasteiger partial charge is 0.395 e. The number of nitrogens with zero attached hydrogens (tertiary/aromatic N) is 5. The maximum absolute atomic E-state index is 12.6. The van der Waals surface area contributed by atoms with E-state index in [0.29, 0.717) is 24.0 Å². The van der Waals surface area contributed by atoms with Gasteiger partial charge in [0.2, 0.25) is 0 Å². The highest BCUT2D eigenvalue weighted by Gasteiger charge is 2.22. The molecule has 1 fully saturated rings. The number of imidazole rings is 1. The quantitative estimate of drug-likeness (QED) is 0.602. The number of carbonyl (C=O) groups is 1. The van der Waals surface area contributed by atoms with Crippen molar-refractivity contribution < 1.29 is 9.63 Å². The Morgan fingerprint density at radius 2 is 2.35 bits per heavy atom. The minimum Gasteiger partial charge on any atom is -0.395 e. The highest BCUT2D eigenvalue weighted by molar-refractivity contribution is 6.04. The summed E-state index contributed by atoms with van der Waals surface area (Å²) in [6, 6.07) is 3.62. The molecule has 0 atom stereocenters. The summed E-state index contributed by atoms with van der Waals surface area (Å²) < 4.78 is 1.69. The average molecular weight is 313 g/mol. The fourth-order valence-corrected chi connectivity index (χ4v) is 2.10. The molecule has 0 spiro atoms. The van der Waals surface area contributed by atoms with Gasteiger partial charge in [-0.05, 0) is 30.9 Å². The monoisotopic (exact) mass is 313 g/mol. The molecule has 0 aromatic carbocycles. The van der Waals surface area contributed by atoms with Gasteiger partial charge in [0.25, 0.3) is 5.91 Å². The van der Waals surface area contributed by atoms with Gasteiger partial charge in [-0.25, -0.2) is 4.98 Å². The number of pyridine rings is 1. The van der Waals surface area contributed by atoms with E-state index in [4.69, 9.17) is 4.84 Å². The second-order valence-electron chi connectivity index (χ2n) is 5.61. The zero-order valence-electron chi connectivity index (χ0n) is 13.2. The van der Waals surface area contributed by atoms with Crippen molar-refractivity contribution >= 4 is 17.8 Å². The molecule has 1 aliphatic rings. The van der Waals surface area contributed by atoms with E-state index in [1.807, 2.05) is 6.07 Å². The molecule has 3 rings (SSSR count). The molecule has 23 heavy (non-hydrogen) atoms. The first-order valence-corrected chi connectivity index (χ1v) is 7.52. The summed E-state index contributed by atoms with van der Waals surface area (Å²) in [6.07, 6.45) is 8.82. The van der Waals surface area contributed by atoms with E-state index >= 15 is 0 Å². The molecule has 0 saturated heterocycles. The van der Waals surface area contributed by atoms with Crippen LogP contribution in [-0.4, -0.2) is 40.3 Å². The number of carbonyl (C=O) groups excluding carboxylic acids is 1. The SMILES string of the molecule is CN(C(=O)c1cnc(/C=N/OCC2CC2)n1C)c1cccnc1. The summed E-state index contributed by atoms with van der Waals surface area (Å²) >= 11 is 0. The third-order valence-electron chi connectivity index (χ3n) is 3.83. The fraction of sp³-hybridized carbons (Fsp3) is 0.375. The Hall–Kier alpha value is -2.70. The van der Waals surface area contributed by atoms with E-state index in [1.165, 1.54) is 30.2 Å². The minimum absolute atomic E-state index is 0.161. The third kappa shape index (κ3) is 3.56. The van der Waals surface area contributed by atoms with Crippen LogP contribution in [0.25, 0.3) is 0 Å². The first kappa shape index (κ1) is 15.2. The second kappa shape index (κ2) is 6.60. The van der Waals surface area contributed by atoms with Crippen LogP contribution in [0.4, 0.5) is 5.69 Å². The molecule has 0 bridgehead atoms. The standard InChI is InChI=1S/C16H19N5O2/c1-20(13-4-3-7-17-8-13)16(22)14-9-18-15(21(14)2)10-19-23-11-12-5-6-12/h3-4,7-10,12H,5-6,11H2,1-2H3/b19-10+. The van der Waals surface area contributed by atoms with Crippen molar-refractivity contribution in [2.45, 2.75) is 12.8 Å². The highest BCUT2D eigenvalue weighted by Crippen LogP contribution is 2.28. The molecule has 2 aromatic heterocycles. The van der Waals surface area contributed by atoms with Crippen molar-refractivity contribution in [1.82, 2.24) is 14.5 Å². The molecule has 1 saturated carbocycles. The van der Waals surface area contributed by atoms with Gasteiger partial charge in [0.05, 0.1) is 18.1 Å². The number of oxime groups is 1. The van der Waals surface area contributed by atoms with Gasteiger partial charge < -0.3 is 14.3 Å². The van der Waals surface area contributed by atoms with Gasteiger partial charge in [-0.3, -0.25) is 9.78 Å². The molecule has 120 valence electrons. The zero-order chi connectivity index (χ0) is 16.2. The Labute approximate surface area is 134 Å². The molecule has 7 heteroatoms. The zero-order valence-corrected chi connectivity index (χ0v) is 13.2. The van der Waals surface area contributed by atoms with Gasteiger partial charge >= 0.3 is 0 Å². The molecular formula is C16H19N5O2. The van der Waals surface area contributed by atoms with Crippen molar-refractivity contribution in [2.75, 3.05) is 18.6 Å². The van der Waals surface area contributed by atoms with Crippen LogP contribution in [0.1, 0.15) is 29.2 Å². The fourth-order valence-electron chi connectivity index (χ4n) is 2.10. The molecule has 0 radical (unpaired) electrons. The van der Waals surface area contributed by atoms with Crippen molar-refractivity contribution in [3.05, 3.63) is 42.2 Å². The van der Waals surface area contributed by atoms with Crippen LogP contribution >= 0.6 is 0 Å². The molecule has 0 unspecified atom stereocenters. The van der Waals surface area contributed by atoms with Crippen molar-refractivity contribution in [2.24, 2.45) is 18.1 Å². The van der Waals surface area contributed by atoms with Crippen LogP contribution in [0.15, 0.2) is 35.9 Å². The van der Waals surface area contributed by atoms with E-state index in [-0.39, 0.29) is 5.91 Å². The average Bonchev–Trinajstić information content (AvgIpc) is 3.34. The topological polar surface area (TPSA) is 72.6 Å². The Kier molecular flexibility index (Phi) is 4.36. The maximum Gasteiger partial charge on any atom is 0.276 e. The highest BCUT2D eigenvalue weighted by atomic mass is 16.6. The van der Waals surface area contributed by atoms with E-state index in [1.54, 1.807) is 37.1 Å². The lowest BCUT2D eigenvalue weighted by atomic mass is 10.3. The number of hydrogen-bond donors (Lipinski definition) is 0. The van der Waals surface area contributed by atoms with E-state index in [2.05, 4.69) is 15.1 Å².